The van der Waals surface area contributed by atoms with Crippen molar-refractivity contribution in [2.75, 3.05) is 0 Å². The Labute approximate surface area is 292 Å². The summed E-state index contributed by atoms with van der Waals surface area (Å²) in [6.07, 6.45) is 3.74. The van der Waals surface area contributed by atoms with Gasteiger partial charge in [-0.2, -0.15) is 5.26 Å². The molecule has 0 amide bonds. The molecule has 0 aliphatic carbocycles. The van der Waals surface area contributed by atoms with Crippen LogP contribution in [0, 0.1) is 51.2 Å². The first-order valence-corrected chi connectivity index (χ1v) is 15.8. The fraction of sp³-hybridized carbons (Fsp3) is 0.205. The Balaban J connectivity index is 0.000000243. The summed E-state index contributed by atoms with van der Waals surface area (Å²) in [6.45, 7) is 14.5. The standard InChI is InChI=1S/C26H21N4OS.C13H12N.Ir/c1-14-11-21(28-13-15(14)2)19-8-6-7-16-17-9-10-18(20(12-27)23(17)31-22(16)19)24-29-30-25(32-24)26(3,4)5;1-10-3-6-12(7-4-10)13-8-5-11(2)9-14-13;/h6-7,9-11,13H,1-5H3;3-6,8-9H,1-2H3;/q2*-1;. The van der Waals surface area contributed by atoms with Crippen LogP contribution in [-0.2, 0) is 25.5 Å². The number of furan rings is 1. The maximum atomic E-state index is 10.0. The van der Waals surface area contributed by atoms with Gasteiger partial charge in [0.2, 0.25) is 0 Å². The van der Waals surface area contributed by atoms with Gasteiger partial charge in [-0.3, -0.25) is 0 Å². The number of hydrogen-bond donors (Lipinski definition) is 0. The molecule has 1 radical (unpaired) electrons. The molecule has 7 rings (SSSR count). The summed E-state index contributed by atoms with van der Waals surface area (Å²) in [4.78, 5) is 8.94. The molecule has 0 fully saturated rings. The maximum Gasteiger partial charge on any atom is 0.149 e. The Bertz CT molecular complexity index is 2190. The van der Waals surface area contributed by atoms with Crippen LogP contribution in [0.4, 0.5) is 0 Å². The summed E-state index contributed by atoms with van der Waals surface area (Å²) in [7, 11) is 0. The number of aryl methyl sites for hydroxylation is 4. The van der Waals surface area contributed by atoms with Crippen LogP contribution in [0.1, 0.15) is 53.6 Å². The van der Waals surface area contributed by atoms with E-state index in [1.807, 2.05) is 74.8 Å². The number of nitriles is 1. The molecular weight excluding hydrogens is 779 g/mol. The van der Waals surface area contributed by atoms with Crippen molar-refractivity contribution in [3.05, 3.63) is 118 Å². The monoisotopic (exact) mass is 812 g/mol. The first kappa shape index (κ1) is 33.8. The molecule has 0 atom stereocenters. The molecule has 0 aliphatic heterocycles. The molecule has 47 heavy (non-hydrogen) atoms. The Hall–Kier alpha value is -4.54. The first-order valence-electron chi connectivity index (χ1n) is 15.0. The molecule has 0 bridgehead atoms. The molecule has 0 saturated carbocycles. The molecule has 8 heteroatoms. The smallest absolute Gasteiger partial charge is 0.149 e. The van der Waals surface area contributed by atoms with Crippen LogP contribution < -0.4 is 0 Å². The van der Waals surface area contributed by atoms with Crippen molar-refractivity contribution in [2.24, 2.45) is 0 Å². The zero-order chi connectivity index (χ0) is 32.6. The maximum absolute atomic E-state index is 10.0. The van der Waals surface area contributed by atoms with E-state index in [2.05, 4.69) is 85.1 Å². The fourth-order valence-electron chi connectivity index (χ4n) is 4.97. The van der Waals surface area contributed by atoms with Gasteiger partial charge in [-0.1, -0.05) is 79.8 Å². The molecule has 0 N–H and O–H groups in total. The van der Waals surface area contributed by atoms with E-state index in [1.54, 1.807) is 0 Å². The predicted molar refractivity (Wildman–Crippen MR) is 186 cm³/mol. The third kappa shape index (κ3) is 6.94. The average Bonchev–Trinajstić information content (AvgIpc) is 3.69. The quantitative estimate of drug-likeness (QED) is 0.165. The summed E-state index contributed by atoms with van der Waals surface area (Å²) in [5.74, 6) is 0. The van der Waals surface area contributed by atoms with E-state index in [4.69, 9.17) is 4.42 Å². The molecule has 7 aromatic rings. The second kappa shape index (κ2) is 13.7. The SMILES string of the molecule is Cc1c[c-]c(-c2ccc(C)cn2)cc1.Cc1cnc(-c2[c-]ccc3c2oc2c(C#N)c(-c4nnc(C(C)(C)C)s4)ccc23)cc1C.[Ir]. The molecule has 6 nitrogen and oxygen atoms in total. The Morgan fingerprint density at radius 1 is 0.787 bits per heavy atom. The van der Waals surface area contributed by atoms with Crippen molar-refractivity contribution >= 4 is 33.3 Å². The molecule has 0 unspecified atom stereocenters. The van der Waals surface area contributed by atoms with Gasteiger partial charge in [0, 0.05) is 48.9 Å². The molecular formula is C39H33IrN5OS-2. The van der Waals surface area contributed by atoms with Crippen molar-refractivity contribution in [1.29, 1.82) is 5.26 Å². The summed E-state index contributed by atoms with van der Waals surface area (Å²) in [6, 6.07) is 28.8. The molecule has 0 aliphatic rings. The summed E-state index contributed by atoms with van der Waals surface area (Å²) in [5.41, 5.74) is 10.7. The molecule has 237 valence electrons. The first-order chi connectivity index (χ1) is 22.0. The number of rotatable bonds is 3. The summed E-state index contributed by atoms with van der Waals surface area (Å²) in [5, 5.41) is 22.2. The van der Waals surface area contributed by atoms with Gasteiger partial charge in [-0.15, -0.1) is 63.8 Å². The van der Waals surface area contributed by atoms with E-state index in [-0.39, 0.29) is 25.5 Å². The van der Waals surface area contributed by atoms with Crippen LogP contribution in [0.15, 0.2) is 77.5 Å². The third-order valence-electron chi connectivity index (χ3n) is 7.79. The van der Waals surface area contributed by atoms with Crippen molar-refractivity contribution < 1.29 is 24.5 Å². The van der Waals surface area contributed by atoms with Gasteiger partial charge in [0.05, 0.1) is 5.58 Å². The van der Waals surface area contributed by atoms with Crippen molar-refractivity contribution in [2.45, 2.75) is 53.9 Å². The minimum absolute atomic E-state index is 0. The predicted octanol–water partition coefficient (Wildman–Crippen LogP) is 9.92. The summed E-state index contributed by atoms with van der Waals surface area (Å²) < 4.78 is 6.33. The number of nitrogens with zero attached hydrogens (tertiary/aromatic N) is 5. The van der Waals surface area contributed by atoms with Crippen LogP contribution in [0.3, 0.4) is 0 Å². The molecule has 4 aromatic heterocycles. The molecule has 4 heterocycles. The van der Waals surface area contributed by atoms with Gasteiger partial charge >= 0.3 is 0 Å². The van der Waals surface area contributed by atoms with Crippen LogP contribution in [0.2, 0.25) is 0 Å². The average molecular weight is 812 g/mol. The van der Waals surface area contributed by atoms with Crippen LogP contribution in [0.5, 0.6) is 0 Å². The third-order valence-corrected chi connectivity index (χ3v) is 9.18. The van der Waals surface area contributed by atoms with Gasteiger partial charge in [-0.25, -0.2) is 0 Å². The number of fused-ring (bicyclic) bond motifs is 3. The largest absolute Gasteiger partial charge is 0.499 e. The van der Waals surface area contributed by atoms with E-state index >= 15 is 0 Å². The zero-order valence-electron chi connectivity index (χ0n) is 27.3. The van der Waals surface area contributed by atoms with Gasteiger partial charge in [0.1, 0.15) is 27.2 Å². The second-order valence-corrected chi connectivity index (χ2v) is 13.5. The van der Waals surface area contributed by atoms with E-state index in [0.29, 0.717) is 16.7 Å². The van der Waals surface area contributed by atoms with Crippen LogP contribution in [0.25, 0.3) is 55.0 Å². The van der Waals surface area contributed by atoms with Gasteiger partial charge in [-0.05, 0) is 49.4 Å². The van der Waals surface area contributed by atoms with Crippen molar-refractivity contribution in [1.82, 2.24) is 20.2 Å². The topological polar surface area (TPSA) is 88.5 Å². The van der Waals surface area contributed by atoms with Gasteiger partial charge in [0.15, 0.2) is 0 Å². The fourth-order valence-corrected chi connectivity index (χ4v) is 5.90. The van der Waals surface area contributed by atoms with E-state index in [1.165, 1.54) is 22.5 Å². The normalized spacial score (nSPS) is 11.1. The molecule has 0 spiro atoms. The molecule has 0 saturated heterocycles. The van der Waals surface area contributed by atoms with E-state index < -0.39 is 0 Å². The van der Waals surface area contributed by atoms with Crippen molar-refractivity contribution in [3.8, 4) is 39.2 Å². The minimum Gasteiger partial charge on any atom is -0.499 e. The number of hydrogen-bond acceptors (Lipinski definition) is 7. The van der Waals surface area contributed by atoms with Crippen LogP contribution in [-0.4, -0.2) is 20.2 Å². The van der Waals surface area contributed by atoms with E-state index in [0.717, 1.165) is 60.0 Å². The molecule has 3 aromatic carbocycles. The number of aromatic nitrogens is 4. The summed E-state index contributed by atoms with van der Waals surface area (Å²) >= 11 is 1.51. The second-order valence-electron chi connectivity index (χ2n) is 12.5. The van der Waals surface area contributed by atoms with Gasteiger partial charge in [0.25, 0.3) is 0 Å². The Morgan fingerprint density at radius 2 is 1.53 bits per heavy atom. The minimum atomic E-state index is -0.101. The Morgan fingerprint density at radius 3 is 2.17 bits per heavy atom. The van der Waals surface area contributed by atoms with Crippen LogP contribution >= 0.6 is 11.3 Å². The van der Waals surface area contributed by atoms with E-state index in [9.17, 15) is 5.26 Å². The number of pyridine rings is 2. The van der Waals surface area contributed by atoms with Gasteiger partial charge < -0.3 is 14.4 Å². The zero-order valence-corrected chi connectivity index (χ0v) is 30.5. The number of benzene rings is 3. The van der Waals surface area contributed by atoms with Crippen molar-refractivity contribution in [3.63, 3.8) is 0 Å². The Kier molecular flexibility index (Phi) is 9.83.